The Morgan fingerprint density at radius 3 is 2.23 bits per heavy atom. The molecule has 0 bridgehead atoms. The summed E-state index contributed by atoms with van der Waals surface area (Å²) in [6.45, 7) is -0.0482. The molecule has 1 aromatic heterocycles. The molecule has 0 aliphatic heterocycles. The maximum atomic E-state index is 12.9. The number of imidazole rings is 1. The molecule has 1 heterocycles. The highest BCUT2D eigenvalue weighted by Gasteiger charge is 2.37. The van der Waals surface area contributed by atoms with Gasteiger partial charge in [0.15, 0.2) is 0 Å². The number of rotatable bonds is 5. The van der Waals surface area contributed by atoms with Crippen LogP contribution in [0.4, 0.5) is 26.3 Å². The zero-order valence-corrected chi connectivity index (χ0v) is 15.4. The van der Waals surface area contributed by atoms with Crippen LogP contribution < -0.4 is 10.1 Å². The summed E-state index contributed by atoms with van der Waals surface area (Å²) in [7, 11) is 1.51. The van der Waals surface area contributed by atoms with Crippen LogP contribution in [-0.2, 0) is 18.8 Å². The van der Waals surface area contributed by atoms with Gasteiger partial charge in [-0.1, -0.05) is 0 Å². The molecule has 5 nitrogen and oxygen atoms in total. The molecule has 0 radical (unpaired) electrons. The lowest BCUT2D eigenvalue weighted by Crippen LogP contribution is -2.27. The first-order valence-electron chi connectivity index (χ1n) is 8.57. The molecule has 0 spiro atoms. The number of benzene rings is 2. The Balaban J connectivity index is 1.73. The van der Waals surface area contributed by atoms with Crippen LogP contribution in [0.2, 0.25) is 0 Å². The van der Waals surface area contributed by atoms with Crippen LogP contribution in [0, 0.1) is 0 Å². The van der Waals surface area contributed by atoms with E-state index in [1.165, 1.54) is 7.11 Å². The van der Waals surface area contributed by atoms with E-state index in [1.807, 2.05) is 0 Å². The minimum absolute atomic E-state index is 0.0283. The van der Waals surface area contributed by atoms with Crippen molar-refractivity contribution in [2.24, 2.45) is 0 Å². The molecule has 3 aromatic rings. The summed E-state index contributed by atoms with van der Waals surface area (Å²) in [5, 5.41) is 2.31. The van der Waals surface area contributed by atoms with Crippen LogP contribution in [0.3, 0.4) is 0 Å². The van der Waals surface area contributed by atoms with Gasteiger partial charge in [-0.3, -0.25) is 4.79 Å². The average Bonchev–Trinajstić information content (AvgIpc) is 3.07. The van der Waals surface area contributed by atoms with Crippen molar-refractivity contribution in [1.82, 2.24) is 15.3 Å². The van der Waals surface area contributed by atoms with Crippen LogP contribution in [0.25, 0.3) is 11.0 Å². The van der Waals surface area contributed by atoms with E-state index >= 15 is 0 Å². The van der Waals surface area contributed by atoms with Gasteiger partial charge in [-0.25, -0.2) is 4.98 Å². The zero-order chi connectivity index (χ0) is 22.1. The summed E-state index contributed by atoms with van der Waals surface area (Å²) >= 11 is 0. The van der Waals surface area contributed by atoms with Gasteiger partial charge in [0, 0.05) is 24.6 Å². The molecule has 0 fully saturated rings. The van der Waals surface area contributed by atoms with Gasteiger partial charge in [0.05, 0.1) is 29.3 Å². The van der Waals surface area contributed by atoms with Gasteiger partial charge in [-0.2, -0.15) is 26.3 Å². The number of nitrogens with zero attached hydrogens (tertiary/aromatic N) is 1. The SMILES string of the molecule is COc1ccc2nc(CCNC(=O)c3cc(C(F)(F)F)cc(C(F)(F)F)c3)[nH]c2c1. The summed E-state index contributed by atoms with van der Waals surface area (Å²) in [4.78, 5) is 19.4. The van der Waals surface area contributed by atoms with Crippen molar-refractivity contribution in [3.63, 3.8) is 0 Å². The van der Waals surface area contributed by atoms with Crippen LogP contribution in [-0.4, -0.2) is 29.5 Å². The molecule has 0 unspecified atom stereocenters. The van der Waals surface area contributed by atoms with E-state index in [2.05, 4.69) is 15.3 Å². The molecule has 11 heteroatoms. The van der Waals surface area contributed by atoms with Crippen molar-refractivity contribution < 1.29 is 35.9 Å². The third-order valence-corrected chi connectivity index (χ3v) is 4.24. The second-order valence-corrected chi connectivity index (χ2v) is 6.37. The molecule has 30 heavy (non-hydrogen) atoms. The Morgan fingerprint density at radius 2 is 1.67 bits per heavy atom. The molecule has 0 saturated heterocycles. The summed E-state index contributed by atoms with van der Waals surface area (Å²) in [6.07, 6.45) is -9.86. The predicted molar refractivity (Wildman–Crippen MR) is 95.1 cm³/mol. The Hall–Kier alpha value is -3.24. The maximum absolute atomic E-state index is 12.9. The lowest BCUT2D eigenvalue weighted by atomic mass is 10.0. The van der Waals surface area contributed by atoms with E-state index < -0.39 is 35.0 Å². The number of hydrogen-bond acceptors (Lipinski definition) is 3. The summed E-state index contributed by atoms with van der Waals surface area (Å²) in [5.41, 5.74) is -2.50. The fraction of sp³-hybridized carbons (Fsp3) is 0.263. The smallest absolute Gasteiger partial charge is 0.416 e. The molecule has 0 aliphatic rings. The molecule has 2 N–H and O–H groups in total. The second-order valence-electron chi connectivity index (χ2n) is 6.37. The van der Waals surface area contributed by atoms with Gasteiger partial charge < -0.3 is 15.0 Å². The molecular formula is C19H15F6N3O2. The van der Waals surface area contributed by atoms with Gasteiger partial charge in [0.25, 0.3) is 5.91 Å². The van der Waals surface area contributed by atoms with Crippen molar-refractivity contribution in [3.05, 3.63) is 58.9 Å². The van der Waals surface area contributed by atoms with E-state index in [4.69, 9.17) is 4.74 Å². The monoisotopic (exact) mass is 431 g/mol. The van der Waals surface area contributed by atoms with E-state index in [9.17, 15) is 31.1 Å². The van der Waals surface area contributed by atoms with Gasteiger partial charge in [-0.15, -0.1) is 0 Å². The number of aromatic nitrogens is 2. The van der Waals surface area contributed by atoms with E-state index in [0.29, 0.717) is 34.7 Å². The molecule has 3 rings (SSSR count). The first-order valence-corrected chi connectivity index (χ1v) is 8.57. The standard InChI is InChI=1S/C19H15F6N3O2/c1-30-13-2-3-14-15(9-13)28-16(27-14)4-5-26-17(29)10-6-11(18(20,21)22)8-12(7-10)19(23,24)25/h2-3,6-9H,4-5H2,1H3,(H,26,29)(H,27,28). The summed E-state index contributed by atoms with van der Waals surface area (Å²) in [6, 6.07) is 5.88. The van der Waals surface area contributed by atoms with E-state index in [-0.39, 0.29) is 19.0 Å². The third kappa shape index (κ3) is 4.84. The number of nitrogens with one attached hydrogen (secondary N) is 2. The number of aromatic amines is 1. The van der Waals surface area contributed by atoms with Crippen molar-refractivity contribution in [2.45, 2.75) is 18.8 Å². The van der Waals surface area contributed by atoms with E-state index in [1.54, 1.807) is 18.2 Å². The maximum Gasteiger partial charge on any atom is 0.416 e. The number of amides is 1. The van der Waals surface area contributed by atoms with Crippen molar-refractivity contribution in [1.29, 1.82) is 0 Å². The topological polar surface area (TPSA) is 67.0 Å². The first-order chi connectivity index (χ1) is 14.0. The third-order valence-electron chi connectivity index (χ3n) is 4.24. The van der Waals surface area contributed by atoms with Crippen molar-refractivity contribution in [2.75, 3.05) is 13.7 Å². The molecule has 0 aliphatic carbocycles. The number of hydrogen-bond donors (Lipinski definition) is 2. The summed E-state index contributed by atoms with van der Waals surface area (Å²) in [5.74, 6) is 0.0407. The Kier molecular flexibility index (Phi) is 5.64. The second kappa shape index (κ2) is 7.88. The largest absolute Gasteiger partial charge is 0.497 e. The molecule has 160 valence electrons. The van der Waals surface area contributed by atoms with Gasteiger partial charge in [-0.05, 0) is 30.3 Å². The number of halogens is 6. The number of carbonyl (C=O) groups excluding carboxylic acids is 1. The van der Waals surface area contributed by atoms with Crippen molar-refractivity contribution >= 4 is 16.9 Å². The van der Waals surface area contributed by atoms with Crippen LogP contribution in [0.1, 0.15) is 27.3 Å². The molecule has 2 aromatic carbocycles. The lowest BCUT2D eigenvalue weighted by molar-refractivity contribution is -0.143. The number of carbonyl (C=O) groups is 1. The first kappa shape index (κ1) is 21.5. The highest BCUT2D eigenvalue weighted by Crippen LogP contribution is 2.36. The number of methoxy groups -OCH3 is 1. The molecule has 0 saturated carbocycles. The minimum atomic E-state index is -5.02. The van der Waals surface area contributed by atoms with E-state index in [0.717, 1.165) is 0 Å². The van der Waals surface area contributed by atoms with Gasteiger partial charge >= 0.3 is 12.4 Å². The zero-order valence-electron chi connectivity index (χ0n) is 15.4. The van der Waals surface area contributed by atoms with Gasteiger partial charge in [0.1, 0.15) is 11.6 Å². The van der Waals surface area contributed by atoms with Crippen LogP contribution in [0.15, 0.2) is 36.4 Å². The minimum Gasteiger partial charge on any atom is -0.497 e. The lowest BCUT2D eigenvalue weighted by Gasteiger charge is -2.14. The van der Waals surface area contributed by atoms with Gasteiger partial charge in [0.2, 0.25) is 0 Å². The summed E-state index contributed by atoms with van der Waals surface area (Å²) < 4.78 is 82.5. The van der Waals surface area contributed by atoms with Crippen molar-refractivity contribution in [3.8, 4) is 5.75 Å². The fourth-order valence-electron chi connectivity index (χ4n) is 2.77. The molecule has 0 atom stereocenters. The molecular weight excluding hydrogens is 416 g/mol. The number of fused-ring (bicyclic) bond motifs is 1. The number of ether oxygens (including phenoxy) is 1. The average molecular weight is 431 g/mol. The number of alkyl halides is 6. The van der Waals surface area contributed by atoms with Crippen LogP contribution >= 0.6 is 0 Å². The fourth-order valence-corrected chi connectivity index (χ4v) is 2.77. The van der Waals surface area contributed by atoms with Crippen LogP contribution in [0.5, 0.6) is 5.75 Å². The molecule has 1 amide bonds. The highest BCUT2D eigenvalue weighted by atomic mass is 19.4. The Bertz CT molecular complexity index is 1040. The predicted octanol–water partition coefficient (Wildman–Crippen LogP) is 4.58. The number of H-pyrrole nitrogens is 1. The quantitative estimate of drug-likeness (QED) is 0.581. The Morgan fingerprint density at radius 1 is 1.03 bits per heavy atom. The normalized spacial score (nSPS) is 12.2. The Labute approximate surface area is 166 Å². The highest BCUT2D eigenvalue weighted by molar-refractivity contribution is 5.94.